The lowest BCUT2D eigenvalue weighted by Gasteiger charge is -2.21. The predicted molar refractivity (Wildman–Crippen MR) is 76.2 cm³/mol. The van der Waals surface area contributed by atoms with Crippen LogP contribution in [0.1, 0.15) is 30.7 Å². The summed E-state index contributed by atoms with van der Waals surface area (Å²) < 4.78 is 0. The van der Waals surface area contributed by atoms with Gasteiger partial charge in [0.25, 0.3) is 0 Å². The van der Waals surface area contributed by atoms with Gasteiger partial charge in [-0.15, -0.1) is 0 Å². The normalized spacial score (nSPS) is 26.9. The molecule has 2 aromatic carbocycles. The molecule has 1 saturated carbocycles. The second kappa shape index (κ2) is 4.51. The molecule has 0 heterocycles. The molecular formula is C16H19NO2. The van der Waals surface area contributed by atoms with Gasteiger partial charge >= 0.3 is 0 Å². The van der Waals surface area contributed by atoms with Crippen molar-refractivity contribution in [2.45, 2.75) is 30.7 Å². The topological polar surface area (TPSA) is 66.5 Å². The van der Waals surface area contributed by atoms with E-state index in [0.717, 1.165) is 30.0 Å². The molecular weight excluding hydrogens is 238 g/mol. The highest BCUT2D eigenvalue weighted by Crippen LogP contribution is 2.40. The number of fused-ring (bicyclic) bond motifs is 1. The van der Waals surface area contributed by atoms with Crippen molar-refractivity contribution >= 4 is 10.8 Å². The van der Waals surface area contributed by atoms with Crippen molar-refractivity contribution < 1.29 is 10.2 Å². The van der Waals surface area contributed by atoms with Gasteiger partial charge in [-0.25, -0.2) is 0 Å². The van der Waals surface area contributed by atoms with Gasteiger partial charge in [0.05, 0.1) is 6.61 Å². The van der Waals surface area contributed by atoms with Gasteiger partial charge in [-0.2, -0.15) is 0 Å². The van der Waals surface area contributed by atoms with Crippen LogP contribution >= 0.6 is 0 Å². The Kier molecular flexibility index (Phi) is 2.96. The Labute approximate surface area is 112 Å². The van der Waals surface area contributed by atoms with E-state index < -0.39 is 5.54 Å². The highest BCUT2D eigenvalue weighted by Gasteiger charge is 2.35. The smallest absolute Gasteiger partial charge is 0.116 e. The molecule has 0 aromatic heterocycles. The van der Waals surface area contributed by atoms with Gasteiger partial charge in [-0.1, -0.05) is 24.3 Å². The molecule has 2 atom stereocenters. The lowest BCUT2D eigenvalue weighted by atomic mass is 9.92. The lowest BCUT2D eigenvalue weighted by molar-refractivity contribution is 0.198. The number of nitrogens with two attached hydrogens (primary N) is 1. The van der Waals surface area contributed by atoms with Crippen LogP contribution in [0.5, 0.6) is 5.75 Å². The summed E-state index contributed by atoms with van der Waals surface area (Å²) in [6, 6.07) is 11.7. The fraction of sp³-hybridized carbons (Fsp3) is 0.375. The number of phenolic OH excluding ortho intramolecular Hbond substituents is 1. The molecule has 0 saturated heterocycles. The number of hydrogen-bond donors (Lipinski definition) is 3. The first-order chi connectivity index (χ1) is 9.09. The van der Waals surface area contributed by atoms with Crippen LogP contribution in [-0.2, 0) is 0 Å². The SMILES string of the molecule is NC1(CO)CCC(c2ccc3cc(O)ccc3c2)C1. The average Bonchev–Trinajstić information content (AvgIpc) is 2.82. The van der Waals surface area contributed by atoms with E-state index in [2.05, 4.69) is 12.1 Å². The predicted octanol–water partition coefficient (Wildman–Crippen LogP) is 2.50. The Hall–Kier alpha value is -1.58. The fourth-order valence-corrected chi connectivity index (χ4v) is 3.09. The molecule has 1 aliphatic carbocycles. The van der Waals surface area contributed by atoms with Gasteiger partial charge in [0, 0.05) is 5.54 Å². The monoisotopic (exact) mass is 257 g/mol. The van der Waals surface area contributed by atoms with Crippen LogP contribution in [0.4, 0.5) is 0 Å². The fourth-order valence-electron chi connectivity index (χ4n) is 3.09. The summed E-state index contributed by atoms with van der Waals surface area (Å²) >= 11 is 0. The highest BCUT2D eigenvalue weighted by molar-refractivity contribution is 5.84. The van der Waals surface area contributed by atoms with Gasteiger partial charge in [0.15, 0.2) is 0 Å². The molecule has 2 aromatic rings. The minimum Gasteiger partial charge on any atom is -0.508 e. The van der Waals surface area contributed by atoms with Crippen molar-refractivity contribution in [3.8, 4) is 5.75 Å². The van der Waals surface area contributed by atoms with E-state index in [0.29, 0.717) is 11.7 Å². The van der Waals surface area contributed by atoms with Crippen LogP contribution in [0.15, 0.2) is 36.4 Å². The maximum Gasteiger partial charge on any atom is 0.116 e. The van der Waals surface area contributed by atoms with Crippen molar-refractivity contribution in [2.24, 2.45) is 5.73 Å². The molecule has 0 aliphatic heterocycles. The zero-order chi connectivity index (χ0) is 13.5. The van der Waals surface area contributed by atoms with Gasteiger partial charge in [-0.05, 0) is 53.6 Å². The van der Waals surface area contributed by atoms with E-state index in [-0.39, 0.29) is 6.61 Å². The third-order valence-corrected chi connectivity index (χ3v) is 4.28. The zero-order valence-electron chi connectivity index (χ0n) is 10.8. The molecule has 3 rings (SSSR count). The van der Waals surface area contributed by atoms with Crippen LogP contribution < -0.4 is 5.73 Å². The minimum absolute atomic E-state index is 0.0605. The maximum atomic E-state index is 9.47. The molecule has 0 amide bonds. The quantitative estimate of drug-likeness (QED) is 0.774. The molecule has 0 bridgehead atoms. The van der Waals surface area contributed by atoms with E-state index in [1.165, 1.54) is 5.56 Å². The van der Waals surface area contributed by atoms with Crippen molar-refractivity contribution in [1.82, 2.24) is 0 Å². The highest BCUT2D eigenvalue weighted by atomic mass is 16.3. The van der Waals surface area contributed by atoms with Gasteiger partial charge in [0.1, 0.15) is 5.75 Å². The number of hydrogen-bond acceptors (Lipinski definition) is 3. The molecule has 3 nitrogen and oxygen atoms in total. The van der Waals surface area contributed by atoms with Gasteiger partial charge in [-0.3, -0.25) is 0 Å². The van der Waals surface area contributed by atoms with Crippen LogP contribution in [-0.4, -0.2) is 22.4 Å². The Bertz CT molecular complexity index is 611. The standard InChI is InChI=1S/C16H19NO2/c17-16(10-18)6-5-14(9-16)12-1-2-13-8-15(19)4-3-11(13)7-12/h1-4,7-8,14,18-19H,5-6,9-10,17H2. The molecule has 1 aliphatic rings. The van der Waals surface area contributed by atoms with Gasteiger partial charge < -0.3 is 15.9 Å². The number of phenols is 1. The third kappa shape index (κ3) is 2.31. The summed E-state index contributed by atoms with van der Waals surface area (Å²) in [5.74, 6) is 0.720. The summed E-state index contributed by atoms with van der Waals surface area (Å²) in [6.45, 7) is 0.0605. The van der Waals surface area contributed by atoms with E-state index in [1.807, 2.05) is 12.1 Å². The number of rotatable bonds is 2. The second-order valence-corrected chi connectivity index (χ2v) is 5.75. The molecule has 3 heteroatoms. The van der Waals surface area contributed by atoms with Crippen LogP contribution in [0, 0.1) is 0 Å². The summed E-state index contributed by atoms with van der Waals surface area (Å²) in [5.41, 5.74) is 7.00. The summed E-state index contributed by atoms with van der Waals surface area (Å²) in [7, 11) is 0. The van der Waals surface area contributed by atoms with Crippen molar-refractivity contribution in [1.29, 1.82) is 0 Å². The number of aliphatic hydroxyl groups is 1. The third-order valence-electron chi connectivity index (χ3n) is 4.28. The number of benzene rings is 2. The Morgan fingerprint density at radius 2 is 1.89 bits per heavy atom. The maximum absolute atomic E-state index is 9.47. The van der Waals surface area contributed by atoms with Crippen LogP contribution in [0.25, 0.3) is 10.8 Å². The van der Waals surface area contributed by atoms with Crippen LogP contribution in [0.3, 0.4) is 0 Å². The van der Waals surface area contributed by atoms with Crippen molar-refractivity contribution in [2.75, 3.05) is 6.61 Å². The molecule has 1 fully saturated rings. The van der Waals surface area contributed by atoms with E-state index in [1.54, 1.807) is 12.1 Å². The first-order valence-electron chi connectivity index (χ1n) is 6.72. The number of aliphatic hydroxyl groups excluding tert-OH is 1. The Morgan fingerprint density at radius 3 is 2.63 bits per heavy atom. The first-order valence-corrected chi connectivity index (χ1v) is 6.72. The molecule has 100 valence electrons. The summed E-state index contributed by atoms with van der Waals surface area (Å²) in [5, 5.41) is 21.0. The molecule has 0 radical (unpaired) electrons. The summed E-state index contributed by atoms with van der Waals surface area (Å²) in [4.78, 5) is 0. The molecule has 0 spiro atoms. The molecule has 2 unspecified atom stereocenters. The lowest BCUT2D eigenvalue weighted by Crippen LogP contribution is -2.40. The van der Waals surface area contributed by atoms with E-state index in [4.69, 9.17) is 5.73 Å². The zero-order valence-corrected chi connectivity index (χ0v) is 10.8. The van der Waals surface area contributed by atoms with Crippen molar-refractivity contribution in [3.05, 3.63) is 42.0 Å². The largest absolute Gasteiger partial charge is 0.508 e. The first kappa shape index (κ1) is 12.5. The van der Waals surface area contributed by atoms with E-state index in [9.17, 15) is 10.2 Å². The second-order valence-electron chi connectivity index (χ2n) is 5.75. The van der Waals surface area contributed by atoms with E-state index >= 15 is 0 Å². The number of aromatic hydroxyl groups is 1. The Morgan fingerprint density at radius 1 is 1.16 bits per heavy atom. The molecule has 4 N–H and O–H groups in total. The van der Waals surface area contributed by atoms with Crippen LogP contribution in [0.2, 0.25) is 0 Å². The van der Waals surface area contributed by atoms with Crippen molar-refractivity contribution in [3.63, 3.8) is 0 Å². The average molecular weight is 257 g/mol. The minimum atomic E-state index is -0.408. The van der Waals surface area contributed by atoms with Gasteiger partial charge in [0.2, 0.25) is 0 Å². The molecule has 19 heavy (non-hydrogen) atoms. The Balaban J connectivity index is 1.92. The summed E-state index contributed by atoms with van der Waals surface area (Å²) in [6.07, 6.45) is 2.75.